The van der Waals surface area contributed by atoms with Gasteiger partial charge in [0.15, 0.2) is 5.60 Å². The van der Waals surface area contributed by atoms with Crippen molar-refractivity contribution in [1.29, 1.82) is 0 Å². The monoisotopic (exact) mass is 572 g/mol. The predicted octanol–water partition coefficient (Wildman–Crippen LogP) is 4.84. The normalized spacial score (nSPS) is 47.8. The predicted molar refractivity (Wildman–Crippen MR) is 149 cm³/mol. The Morgan fingerprint density at radius 3 is 2.44 bits per heavy atom. The van der Waals surface area contributed by atoms with E-state index >= 15 is 0 Å². The van der Waals surface area contributed by atoms with Gasteiger partial charge >= 0.3 is 23.7 Å². The number of hydrogen-bond donors (Lipinski definition) is 2. The molecule has 8 heteroatoms. The molecule has 0 aromatic rings. The highest BCUT2D eigenvalue weighted by Gasteiger charge is 2.75. The summed E-state index contributed by atoms with van der Waals surface area (Å²) < 4.78 is 17.9. The van der Waals surface area contributed by atoms with Gasteiger partial charge in [-0.05, 0) is 86.4 Å². The Bertz CT molecular complexity index is 1150. The molecule has 0 aromatic carbocycles. The van der Waals surface area contributed by atoms with Crippen LogP contribution < -0.4 is 0 Å². The molecule has 6 aliphatic rings. The van der Waals surface area contributed by atoms with E-state index in [1.54, 1.807) is 0 Å². The average Bonchev–Trinajstić information content (AvgIpc) is 3.21. The molecule has 228 valence electrons. The van der Waals surface area contributed by atoms with Crippen LogP contribution in [0.15, 0.2) is 11.6 Å². The minimum atomic E-state index is -2.35. The Morgan fingerprint density at radius 1 is 0.976 bits per heavy atom. The molecule has 2 bridgehead atoms. The van der Waals surface area contributed by atoms with Gasteiger partial charge in [-0.3, -0.25) is 9.59 Å². The van der Waals surface area contributed by atoms with Gasteiger partial charge in [0.2, 0.25) is 6.10 Å². The van der Waals surface area contributed by atoms with Crippen LogP contribution in [0.25, 0.3) is 0 Å². The third-order valence-electron chi connectivity index (χ3n) is 12.6. The van der Waals surface area contributed by atoms with Crippen molar-refractivity contribution in [2.45, 2.75) is 129 Å². The number of allylic oxidation sites excluding steroid dienone is 1. The number of hydrogen-bond acceptors (Lipinski definition) is 8. The van der Waals surface area contributed by atoms with Crippen LogP contribution in [0.1, 0.15) is 105 Å². The Morgan fingerprint density at radius 2 is 1.71 bits per heavy atom. The number of carbonyl (C=O) groups excluding carboxylic acids is 3. The number of fused-ring (bicyclic) bond motifs is 7. The smallest absolute Gasteiger partial charge is 0.342 e. The molecule has 2 N–H and O–H groups in total. The van der Waals surface area contributed by atoms with E-state index in [9.17, 15) is 24.6 Å². The fraction of sp³-hybridized carbons (Fsp3) is 0.848. The maximum absolute atomic E-state index is 13.5. The number of ether oxygens (including phenoxy) is 3. The summed E-state index contributed by atoms with van der Waals surface area (Å²) in [7, 11) is 0. The summed E-state index contributed by atoms with van der Waals surface area (Å²) in [6, 6.07) is 0. The second kappa shape index (κ2) is 9.80. The third-order valence-corrected chi connectivity index (χ3v) is 12.6. The van der Waals surface area contributed by atoms with Crippen molar-refractivity contribution in [3.8, 4) is 0 Å². The molecule has 5 fully saturated rings. The van der Waals surface area contributed by atoms with Crippen LogP contribution in [0.5, 0.6) is 0 Å². The fourth-order valence-electron chi connectivity index (χ4n) is 10.6. The quantitative estimate of drug-likeness (QED) is 0.355. The first kappa shape index (κ1) is 29.2. The molecule has 2 heterocycles. The van der Waals surface area contributed by atoms with Crippen molar-refractivity contribution in [2.75, 3.05) is 0 Å². The van der Waals surface area contributed by atoms with Crippen molar-refractivity contribution in [3.63, 3.8) is 0 Å². The summed E-state index contributed by atoms with van der Waals surface area (Å²) >= 11 is 0. The molecular weight excluding hydrogens is 524 g/mol. The number of aliphatic hydroxyl groups is 2. The average molecular weight is 573 g/mol. The van der Waals surface area contributed by atoms with Gasteiger partial charge in [-0.15, -0.1) is 0 Å². The van der Waals surface area contributed by atoms with Crippen LogP contribution in [-0.2, 0) is 28.6 Å². The highest BCUT2D eigenvalue weighted by atomic mass is 16.8. The van der Waals surface area contributed by atoms with E-state index in [1.807, 2.05) is 6.92 Å². The Labute approximate surface area is 243 Å². The zero-order chi connectivity index (χ0) is 29.5. The molecule has 0 aromatic heterocycles. The van der Waals surface area contributed by atoms with Crippen molar-refractivity contribution >= 4 is 17.9 Å². The highest BCUT2D eigenvalue weighted by Crippen LogP contribution is 2.70. The molecule has 0 radical (unpaired) electrons. The van der Waals surface area contributed by atoms with E-state index in [2.05, 4.69) is 33.8 Å². The van der Waals surface area contributed by atoms with Crippen LogP contribution >= 0.6 is 0 Å². The second-order valence-electron chi connectivity index (χ2n) is 15.2. The van der Waals surface area contributed by atoms with Crippen molar-refractivity contribution in [1.82, 2.24) is 0 Å². The molecule has 2 aliphatic heterocycles. The first-order chi connectivity index (χ1) is 19.2. The fourth-order valence-corrected chi connectivity index (χ4v) is 10.6. The van der Waals surface area contributed by atoms with E-state index in [4.69, 9.17) is 14.2 Å². The van der Waals surface area contributed by atoms with Gasteiger partial charge in [0, 0.05) is 0 Å². The first-order valence-electron chi connectivity index (χ1n) is 16.0. The zero-order valence-corrected chi connectivity index (χ0v) is 25.3. The molecule has 8 nitrogen and oxygen atoms in total. The number of esters is 3. The third kappa shape index (κ3) is 4.16. The molecule has 11 atom stereocenters. The molecule has 2 saturated heterocycles. The lowest BCUT2D eigenvalue weighted by Gasteiger charge is -2.63. The van der Waals surface area contributed by atoms with Crippen LogP contribution in [-0.4, -0.2) is 51.7 Å². The summed E-state index contributed by atoms with van der Waals surface area (Å²) in [4.78, 5) is 39.6. The molecule has 4 aliphatic carbocycles. The van der Waals surface area contributed by atoms with Crippen LogP contribution in [0.4, 0.5) is 0 Å². The van der Waals surface area contributed by atoms with E-state index in [1.165, 1.54) is 25.7 Å². The topological polar surface area (TPSA) is 119 Å². The molecule has 1 spiro atoms. The SMILES string of the molecule is CC(C)CCC[C@@H](C)[C@H]1CC[C@H]2[C@@H]3CC=C4C[C@H](O)C5OC(=O)CC6(O)CC(=O)OC5(OC6=O)[C@]4(C)[C@H]3CC[C@]12C. The van der Waals surface area contributed by atoms with E-state index < -0.39 is 59.8 Å². The molecule has 3 unspecified atom stereocenters. The maximum atomic E-state index is 13.5. The Hall–Kier alpha value is -1.93. The molecule has 6 rings (SSSR count). The first-order valence-corrected chi connectivity index (χ1v) is 16.0. The summed E-state index contributed by atoms with van der Waals surface area (Å²) in [5.41, 5.74) is -2.27. The molecule has 41 heavy (non-hydrogen) atoms. The van der Waals surface area contributed by atoms with Gasteiger partial charge in [0.05, 0.1) is 18.3 Å². The van der Waals surface area contributed by atoms with E-state index in [0.29, 0.717) is 17.8 Å². The minimum Gasteiger partial charge on any atom is -0.451 e. The second-order valence-corrected chi connectivity index (χ2v) is 15.2. The summed E-state index contributed by atoms with van der Waals surface area (Å²) in [6.45, 7) is 11.5. The van der Waals surface area contributed by atoms with Gasteiger partial charge in [-0.25, -0.2) is 4.79 Å². The number of aliphatic hydroxyl groups excluding tert-OH is 1. The summed E-state index contributed by atoms with van der Waals surface area (Å²) in [5.74, 6) is -1.98. The van der Waals surface area contributed by atoms with Gasteiger partial charge in [0.25, 0.3) is 0 Å². The van der Waals surface area contributed by atoms with Gasteiger partial charge in [0.1, 0.15) is 6.10 Å². The standard InChI is InChI=1S/C33H48O8/c1-18(2)7-6-8-19(3)22-11-12-23-21-10-9-20-15-25(34)28-33(31(20,5)24(21)13-14-30(22,23)4)40-27(36)17-32(38,29(37)41-33)16-26(35)39-28/h9,18-19,21-25,28,34,38H,6-8,10-17H2,1-5H3/t19-,21+,22-,23+,24+,25+,28?,30-,31+,32?,33?/m1/s1. The van der Waals surface area contributed by atoms with Gasteiger partial charge < -0.3 is 24.4 Å². The number of rotatable bonds is 5. The minimum absolute atomic E-state index is 0.00417. The lowest BCUT2D eigenvalue weighted by molar-refractivity contribution is -0.339. The maximum Gasteiger partial charge on any atom is 0.342 e. The molecular formula is C33H48O8. The largest absolute Gasteiger partial charge is 0.451 e. The Balaban J connectivity index is 1.37. The van der Waals surface area contributed by atoms with Crippen LogP contribution in [0.2, 0.25) is 0 Å². The lowest BCUT2D eigenvalue weighted by atomic mass is 9.45. The van der Waals surface area contributed by atoms with Crippen molar-refractivity contribution in [2.24, 2.45) is 46.3 Å². The molecule has 0 amide bonds. The van der Waals surface area contributed by atoms with Gasteiger partial charge in [-0.2, -0.15) is 0 Å². The highest BCUT2D eigenvalue weighted by molar-refractivity contribution is 5.92. The summed E-state index contributed by atoms with van der Waals surface area (Å²) in [5, 5.41) is 22.3. The Kier molecular flexibility index (Phi) is 6.97. The van der Waals surface area contributed by atoms with Crippen molar-refractivity contribution < 1.29 is 38.8 Å². The van der Waals surface area contributed by atoms with Crippen LogP contribution in [0, 0.1) is 46.3 Å². The lowest BCUT2D eigenvalue weighted by Crippen LogP contribution is -2.72. The summed E-state index contributed by atoms with van der Waals surface area (Å²) in [6.07, 6.45) is 7.31. The van der Waals surface area contributed by atoms with Crippen LogP contribution in [0.3, 0.4) is 0 Å². The zero-order valence-electron chi connectivity index (χ0n) is 25.3. The molecule has 3 saturated carbocycles. The van der Waals surface area contributed by atoms with Crippen molar-refractivity contribution in [3.05, 3.63) is 11.6 Å². The van der Waals surface area contributed by atoms with E-state index in [0.717, 1.165) is 37.2 Å². The number of carbonyl (C=O) groups is 3. The van der Waals surface area contributed by atoms with Gasteiger partial charge in [-0.1, -0.05) is 58.6 Å². The van der Waals surface area contributed by atoms with E-state index in [-0.39, 0.29) is 23.7 Å².